The van der Waals surface area contributed by atoms with Gasteiger partial charge in [0.2, 0.25) is 0 Å². The van der Waals surface area contributed by atoms with Crippen molar-refractivity contribution >= 4 is 27.5 Å². The Morgan fingerprint density at radius 2 is 2.00 bits per heavy atom. The third-order valence-electron chi connectivity index (χ3n) is 1.68. The molecular weight excluding hydrogens is 249 g/mol. The third kappa shape index (κ3) is 2.42. The van der Waals surface area contributed by atoms with E-state index in [4.69, 9.17) is 11.6 Å². The molecule has 1 aromatic rings. The normalized spacial score (nSPS) is 11.4. The van der Waals surface area contributed by atoms with Crippen LogP contribution in [0.4, 0.5) is 9.57 Å². The van der Waals surface area contributed by atoms with E-state index < -0.39 is 25.7 Å². The van der Waals surface area contributed by atoms with Gasteiger partial charge in [0.05, 0.1) is 9.95 Å². The van der Waals surface area contributed by atoms with Gasteiger partial charge >= 0.3 is 10.2 Å². The summed E-state index contributed by atoms with van der Waals surface area (Å²) >= 11 is 5.51. The topological polar surface area (TPSA) is 77.3 Å². The van der Waals surface area contributed by atoms with Crippen molar-refractivity contribution in [1.82, 2.24) is 0 Å². The minimum Gasteiger partial charge on any atom is -0.258 e. The number of nitro benzene ring substituents is 1. The fourth-order valence-corrected chi connectivity index (χ4v) is 2.02. The molecule has 0 N–H and O–H groups in total. The Balaban J connectivity index is 3.59. The van der Waals surface area contributed by atoms with Crippen molar-refractivity contribution in [3.05, 3.63) is 32.8 Å². The number of hydrogen-bond acceptors (Lipinski definition) is 4. The lowest BCUT2D eigenvalue weighted by Gasteiger charge is -2.02. The number of nitrogens with zero attached hydrogens (tertiary/aromatic N) is 1. The molecule has 0 atom stereocenters. The fraction of sp³-hybridized carbons (Fsp3) is 0.143. The van der Waals surface area contributed by atoms with Gasteiger partial charge in [-0.15, -0.1) is 3.89 Å². The number of halogens is 2. The van der Waals surface area contributed by atoms with Gasteiger partial charge in [0.15, 0.2) is 0 Å². The summed E-state index contributed by atoms with van der Waals surface area (Å²) in [6.45, 7) is 1.35. The Morgan fingerprint density at radius 3 is 2.40 bits per heavy atom. The minimum atomic E-state index is -5.05. The first-order chi connectivity index (χ1) is 6.73. The van der Waals surface area contributed by atoms with Crippen molar-refractivity contribution in [1.29, 1.82) is 0 Å². The number of benzene rings is 1. The standard InChI is InChI=1S/C7H5ClFNO4S/c1-4-2-5(10(11)12)3-6(7(4)8)15(9,13)14/h2-3H,1H3. The highest BCUT2D eigenvalue weighted by molar-refractivity contribution is 7.86. The molecule has 0 heterocycles. The zero-order chi connectivity index (χ0) is 11.8. The highest BCUT2D eigenvalue weighted by Crippen LogP contribution is 2.30. The van der Waals surface area contributed by atoms with E-state index in [1.807, 2.05) is 0 Å². The van der Waals surface area contributed by atoms with Crippen LogP contribution in [-0.2, 0) is 10.2 Å². The van der Waals surface area contributed by atoms with Crippen LogP contribution in [0.2, 0.25) is 5.02 Å². The molecule has 0 saturated heterocycles. The van der Waals surface area contributed by atoms with Gasteiger partial charge in [-0.05, 0) is 12.5 Å². The van der Waals surface area contributed by atoms with Gasteiger partial charge in [-0.1, -0.05) is 11.6 Å². The van der Waals surface area contributed by atoms with E-state index >= 15 is 0 Å². The van der Waals surface area contributed by atoms with E-state index in [1.54, 1.807) is 0 Å². The van der Waals surface area contributed by atoms with Crippen LogP contribution in [-0.4, -0.2) is 13.3 Å². The van der Waals surface area contributed by atoms with Gasteiger partial charge in [-0.2, -0.15) is 8.42 Å². The molecule has 0 fully saturated rings. The molecule has 0 aromatic heterocycles. The van der Waals surface area contributed by atoms with Crippen molar-refractivity contribution in [2.45, 2.75) is 11.8 Å². The summed E-state index contributed by atoms with van der Waals surface area (Å²) in [7, 11) is -5.05. The predicted molar refractivity (Wildman–Crippen MR) is 51.1 cm³/mol. The highest BCUT2D eigenvalue weighted by Gasteiger charge is 2.22. The summed E-state index contributed by atoms with van der Waals surface area (Å²) in [5.41, 5.74) is -0.393. The third-order valence-corrected chi connectivity index (χ3v) is 3.14. The van der Waals surface area contributed by atoms with E-state index in [0.717, 1.165) is 6.07 Å². The average molecular weight is 254 g/mol. The molecule has 0 saturated carbocycles. The van der Waals surface area contributed by atoms with Crippen LogP contribution in [0.1, 0.15) is 5.56 Å². The Hall–Kier alpha value is -1.21. The predicted octanol–water partition coefficient (Wildman–Crippen LogP) is 2.21. The second kappa shape index (κ2) is 3.74. The molecule has 0 aliphatic heterocycles. The summed E-state index contributed by atoms with van der Waals surface area (Å²) < 4.78 is 33.9. The van der Waals surface area contributed by atoms with Crippen LogP contribution in [0.3, 0.4) is 0 Å². The van der Waals surface area contributed by atoms with Crippen LogP contribution < -0.4 is 0 Å². The SMILES string of the molecule is Cc1cc([N+](=O)[O-])cc(S(=O)(=O)F)c1Cl. The molecule has 15 heavy (non-hydrogen) atoms. The second-order valence-electron chi connectivity index (χ2n) is 2.77. The van der Waals surface area contributed by atoms with Gasteiger partial charge in [0.1, 0.15) is 4.90 Å². The maximum atomic E-state index is 12.7. The zero-order valence-corrected chi connectivity index (χ0v) is 8.97. The monoisotopic (exact) mass is 253 g/mol. The van der Waals surface area contributed by atoms with Crippen molar-refractivity contribution in [2.75, 3.05) is 0 Å². The average Bonchev–Trinajstić information content (AvgIpc) is 2.06. The first-order valence-corrected chi connectivity index (χ1v) is 5.39. The van der Waals surface area contributed by atoms with E-state index in [2.05, 4.69) is 0 Å². The Morgan fingerprint density at radius 1 is 1.47 bits per heavy atom. The molecule has 0 unspecified atom stereocenters. The van der Waals surface area contributed by atoms with Crippen LogP contribution in [0.5, 0.6) is 0 Å². The van der Waals surface area contributed by atoms with Crippen LogP contribution in [0.15, 0.2) is 17.0 Å². The van der Waals surface area contributed by atoms with E-state index in [0.29, 0.717) is 6.07 Å². The molecule has 1 aromatic carbocycles. The van der Waals surface area contributed by atoms with E-state index in [1.165, 1.54) is 6.92 Å². The van der Waals surface area contributed by atoms with Crippen molar-refractivity contribution < 1.29 is 17.2 Å². The Labute approximate surface area is 89.8 Å². The lowest BCUT2D eigenvalue weighted by Crippen LogP contribution is -1.98. The quantitative estimate of drug-likeness (QED) is 0.460. The molecule has 0 aliphatic carbocycles. The van der Waals surface area contributed by atoms with Gasteiger partial charge in [-0.3, -0.25) is 10.1 Å². The van der Waals surface area contributed by atoms with Crippen molar-refractivity contribution in [2.24, 2.45) is 0 Å². The summed E-state index contributed by atoms with van der Waals surface area (Å²) in [6, 6.07) is 1.65. The van der Waals surface area contributed by atoms with Crippen LogP contribution >= 0.6 is 11.6 Å². The molecule has 82 valence electrons. The highest BCUT2D eigenvalue weighted by atomic mass is 35.5. The summed E-state index contributed by atoms with van der Waals surface area (Å²) in [5.74, 6) is 0. The van der Waals surface area contributed by atoms with E-state index in [9.17, 15) is 22.4 Å². The molecule has 0 spiro atoms. The number of nitro groups is 1. The molecule has 0 amide bonds. The lowest BCUT2D eigenvalue weighted by atomic mass is 10.2. The zero-order valence-electron chi connectivity index (χ0n) is 7.40. The van der Waals surface area contributed by atoms with Gasteiger partial charge < -0.3 is 0 Å². The van der Waals surface area contributed by atoms with Gasteiger partial charge in [-0.25, -0.2) is 0 Å². The van der Waals surface area contributed by atoms with Gasteiger partial charge in [0, 0.05) is 12.1 Å². The number of non-ortho nitro benzene ring substituents is 1. The molecule has 0 aliphatic rings. The van der Waals surface area contributed by atoms with Crippen molar-refractivity contribution in [3.63, 3.8) is 0 Å². The summed E-state index contributed by atoms with van der Waals surface area (Å²) in [6.07, 6.45) is 0. The van der Waals surface area contributed by atoms with Crippen LogP contribution in [0, 0.1) is 17.0 Å². The molecule has 5 nitrogen and oxygen atoms in total. The van der Waals surface area contributed by atoms with Crippen LogP contribution in [0.25, 0.3) is 0 Å². The molecule has 8 heteroatoms. The largest absolute Gasteiger partial charge is 0.333 e. The smallest absolute Gasteiger partial charge is 0.258 e. The maximum absolute atomic E-state index is 12.7. The number of rotatable bonds is 2. The second-order valence-corrected chi connectivity index (χ2v) is 4.46. The number of aryl methyl sites for hydroxylation is 1. The minimum absolute atomic E-state index is 0.127. The first-order valence-electron chi connectivity index (χ1n) is 3.62. The molecule has 0 bridgehead atoms. The molecular formula is C7H5ClFNO4S. The lowest BCUT2D eigenvalue weighted by molar-refractivity contribution is -0.385. The summed E-state index contributed by atoms with van der Waals surface area (Å²) in [5, 5.41) is 10.0. The molecule has 1 rings (SSSR count). The number of hydrogen-bond donors (Lipinski definition) is 0. The Bertz CT molecular complexity index is 528. The van der Waals surface area contributed by atoms with Gasteiger partial charge in [0.25, 0.3) is 5.69 Å². The maximum Gasteiger partial charge on any atom is 0.333 e. The summed E-state index contributed by atoms with van der Waals surface area (Å²) in [4.78, 5) is 8.69. The fourth-order valence-electron chi connectivity index (χ4n) is 1.00. The Kier molecular flexibility index (Phi) is 2.96. The van der Waals surface area contributed by atoms with Crippen molar-refractivity contribution in [3.8, 4) is 0 Å². The van der Waals surface area contributed by atoms with E-state index in [-0.39, 0.29) is 10.6 Å². The molecule has 0 radical (unpaired) electrons. The first kappa shape index (κ1) is 11.9.